The van der Waals surface area contributed by atoms with E-state index in [0.29, 0.717) is 36.6 Å². The van der Waals surface area contributed by atoms with Crippen molar-refractivity contribution in [1.29, 1.82) is 0 Å². The third kappa shape index (κ3) is 5.25. The van der Waals surface area contributed by atoms with E-state index in [-0.39, 0.29) is 24.1 Å². The van der Waals surface area contributed by atoms with Crippen LogP contribution in [-0.4, -0.2) is 24.9 Å². The molecule has 0 aliphatic heterocycles. The minimum absolute atomic E-state index is 0.126. The highest BCUT2D eigenvalue weighted by Crippen LogP contribution is 2.25. The fraction of sp³-hybridized carbons (Fsp3) is 0.294. The summed E-state index contributed by atoms with van der Waals surface area (Å²) in [4.78, 5) is 22.3. The van der Waals surface area contributed by atoms with Crippen LogP contribution >= 0.6 is 0 Å². The van der Waals surface area contributed by atoms with Crippen molar-refractivity contribution in [3.05, 3.63) is 48.0 Å². The molecular formula is C17H19FN2O3. The van der Waals surface area contributed by atoms with E-state index in [1.165, 1.54) is 13.0 Å². The zero-order chi connectivity index (χ0) is 16.7. The van der Waals surface area contributed by atoms with Crippen molar-refractivity contribution < 1.29 is 18.4 Å². The summed E-state index contributed by atoms with van der Waals surface area (Å²) in [6, 6.07) is 9.82. The molecule has 0 atom stereocenters. The lowest BCUT2D eigenvalue weighted by atomic mass is 10.1. The molecule has 2 N–H and O–H groups in total. The van der Waals surface area contributed by atoms with E-state index in [1.807, 2.05) is 0 Å². The maximum absolute atomic E-state index is 13.7. The van der Waals surface area contributed by atoms with Crippen LogP contribution in [0.1, 0.15) is 19.1 Å². The molecule has 5 nitrogen and oxygen atoms in total. The van der Waals surface area contributed by atoms with E-state index in [1.54, 1.807) is 30.3 Å². The van der Waals surface area contributed by atoms with Gasteiger partial charge in [0.1, 0.15) is 17.3 Å². The molecule has 0 radical (unpaired) electrons. The third-order valence-electron chi connectivity index (χ3n) is 3.22. The highest BCUT2D eigenvalue weighted by molar-refractivity contribution is 5.76. The molecule has 1 heterocycles. The van der Waals surface area contributed by atoms with Crippen LogP contribution in [0.3, 0.4) is 0 Å². The van der Waals surface area contributed by atoms with Crippen molar-refractivity contribution in [1.82, 2.24) is 10.6 Å². The Balaban J connectivity index is 1.80. The van der Waals surface area contributed by atoms with E-state index in [0.717, 1.165) is 0 Å². The lowest BCUT2D eigenvalue weighted by Gasteiger charge is -2.05. The minimum atomic E-state index is -0.343. The van der Waals surface area contributed by atoms with Crippen LogP contribution in [0.4, 0.5) is 4.39 Å². The Morgan fingerprint density at radius 3 is 2.57 bits per heavy atom. The van der Waals surface area contributed by atoms with Gasteiger partial charge in [-0.2, -0.15) is 0 Å². The molecular weight excluding hydrogens is 299 g/mol. The number of aryl methyl sites for hydroxylation is 1. The molecule has 2 aromatic rings. The highest BCUT2D eigenvalue weighted by Gasteiger charge is 2.10. The van der Waals surface area contributed by atoms with Gasteiger partial charge in [-0.3, -0.25) is 9.59 Å². The Labute approximate surface area is 133 Å². The van der Waals surface area contributed by atoms with Gasteiger partial charge in [0.25, 0.3) is 0 Å². The van der Waals surface area contributed by atoms with Gasteiger partial charge in [0.2, 0.25) is 11.8 Å². The van der Waals surface area contributed by atoms with Crippen LogP contribution in [-0.2, 0) is 16.0 Å². The number of hydrogen-bond donors (Lipinski definition) is 2. The van der Waals surface area contributed by atoms with Gasteiger partial charge >= 0.3 is 0 Å². The average molecular weight is 318 g/mol. The Morgan fingerprint density at radius 1 is 1.09 bits per heavy atom. The van der Waals surface area contributed by atoms with Crippen LogP contribution in [0.25, 0.3) is 11.3 Å². The van der Waals surface area contributed by atoms with Gasteiger partial charge in [0.05, 0.1) is 5.56 Å². The Hall–Kier alpha value is -2.63. The van der Waals surface area contributed by atoms with Crippen molar-refractivity contribution in [2.75, 3.05) is 13.1 Å². The van der Waals surface area contributed by atoms with Gasteiger partial charge in [-0.25, -0.2) is 4.39 Å². The second-order valence-corrected chi connectivity index (χ2v) is 5.08. The van der Waals surface area contributed by atoms with Crippen LogP contribution in [0.15, 0.2) is 40.8 Å². The molecule has 2 rings (SSSR count). The third-order valence-corrected chi connectivity index (χ3v) is 3.22. The molecule has 0 bridgehead atoms. The first-order valence-electron chi connectivity index (χ1n) is 7.41. The molecule has 0 saturated carbocycles. The largest absolute Gasteiger partial charge is 0.461 e. The Morgan fingerprint density at radius 2 is 1.83 bits per heavy atom. The number of halogens is 1. The summed E-state index contributed by atoms with van der Waals surface area (Å²) in [7, 11) is 0. The molecule has 6 heteroatoms. The topological polar surface area (TPSA) is 71.3 Å². The number of amides is 2. The van der Waals surface area contributed by atoms with Gasteiger partial charge in [0, 0.05) is 32.9 Å². The first-order chi connectivity index (χ1) is 11.1. The molecule has 0 saturated heterocycles. The first kappa shape index (κ1) is 16.7. The summed E-state index contributed by atoms with van der Waals surface area (Å²) >= 11 is 0. The smallest absolute Gasteiger partial charge is 0.220 e. The van der Waals surface area contributed by atoms with Gasteiger partial charge < -0.3 is 15.1 Å². The first-order valence-corrected chi connectivity index (χ1v) is 7.41. The number of rotatable bonds is 7. The lowest BCUT2D eigenvalue weighted by Crippen LogP contribution is -2.33. The van der Waals surface area contributed by atoms with Crippen molar-refractivity contribution in [3.8, 4) is 11.3 Å². The van der Waals surface area contributed by atoms with Crippen molar-refractivity contribution in [2.45, 2.75) is 19.8 Å². The molecule has 23 heavy (non-hydrogen) atoms. The molecule has 2 amide bonds. The van der Waals surface area contributed by atoms with E-state index < -0.39 is 0 Å². The zero-order valence-electron chi connectivity index (χ0n) is 12.9. The predicted octanol–water partition coefficient (Wildman–Crippen LogP) is 2.27. The van der Waals surface area contributed by atoms with Gasteiger partial charge in [0.15, 0.2) is 0 Å². The second kappa shape index (κ2) is 8.12. The fourth-order valence-electron chi connectivity index (χ4n) is 2.08. The summed E-state index contributed by atoms with van der Waals surface area (Å²) in [5.41, 5.74) is 0.401. The average Bonchev–Trinajstić information content (AvgIpc) is 2.98. The van der Waals surface area contributed by atoms with Crippen molar-refractivity contribution in [2.24, 2.45) is 0 Å². The van der Waals surface area contributed by atoms with Crippen LogP contribution in [0.5, 0.6) is 0 Å². The number of nitrogens with one attached hydrogen (secondary N) is 2. The highest BCUT2D eigenvalue weighted by atomic mass is 19.1. The quantitative estimate of drug-likeness (QED) is 0.769. The zero-order valence-corrected chi connectivity index (χ0v) is 12.9. The van der Waals surface area contributed by atoms with E-state index >= 15 is 0 Å². The maximum atomic E-state index is 13.7. The molecule has 0 aliphatic rings. The monoisotopic (exact) mass is 318 g/mol. The second-order valence-electron chi connectivity index (χ2n) is 5.08. The maximum Gasteiger partial charge on any atom is 0.220 e. The molecule has 1 aromatic carbocycles. The van der Waals surface area contributed by atoms with E-state index in [9.17, 15) is 14.0 Å². The SMILES string of the molecule is CC(=O)NCCNC(=O)CCc1ccc(-c2ccccc2F)o1. The lowest BCUT2D eigenvalue weighted by molar-refractivity contribution is -0.122. The number of carbonyl (C=O) groups excluding carboxylic acids is 2. The number of hydrogen-bond acceptors (Lipinski definition) is 3. The normalized spacial score (nSPS) is 10.3. The van der Waals surface area contributed by atoms with Crippen LogP contribution < -0.4 is 10.6 Å². The fourth-order valence-corrected chi connectivity index (χ4v) is 2.08. The summed E-state index contributed by atoms with van der Waals surface area (Å²) in [5, 5.41) is 5.29. The van der Waals surface area contributed by atoms with Gasteiger partial charge in [-0.1, -0.05) is 12.1 Å². The number of furan rings is 1. The molecule has 122 valence electrons. The Bertz CT molecular complexity index is 682. The van der Waals surface area contributed by atoms with Crippen LogP contribution in [0, 0.1) is 5.82 Å². The van der Waals surface area contributed by atoms with Crippen molar-refractivity contribution in [3.63, 3.8) is 0 Å². The number of carbonyl (C=O) groups is 2. The summed E-state index contributed by atoms with van der Waals surface area (Å²) < 4.78 is 19.3. The molecule has 1 aromatic heterocycles. The number of benzene rings is 1. The summed E-state index contributed by atoms with van der Waals surface area (Å²) in [6.45, 7) is 2.21. The van der Waals surface area contributed by atoms with E-state index in [2.05, 4.69) is 10.6 Å². The molecule has 0 aliphatic carbocycles. The molecule has 0 unspecified atom stereocenters. The summed E-state index contributed by atoms with van der Waals surface area (Å²) in [6.07, 6.45) is 0.699. The van der Waals surface area contributed by atoms with Crippen LogP contribution in [0.2, 0.25) is 0 Å². The minimum Gasteiger partial charge on any atom is -0.461 e. The summed E-state index contributed by atoms with van der Waals surface area (Å²) in [5.74, 6) is 0.475. The van der Waals surface area contributed by atoms with Gasteiger partial charge in [-0.15, -0.1) is 0 Å². The standard InChI is InChI=1S/C17H19FN2O3/c1-12(21)19-10-11-20-17(22)9-7-13-6-8-16(23-13)14-4-2-3-5-15(14)18/h2-6,8H,7,9-11H2,1H3,(H,19,21)(H,20,22). The predicted molar refractivity (Wildman–Crippen MR) is 84.1 cm³/mol. The van der Waals surface area contributed by atoms with Crippen molar-refractivity contribution >= 4 is 11.8 Å². The van der Waals surface area contributed by atoms with E-state index in [4.69, 9.17) is 4.42 Å². The molecule has 0 fully saturated rings. The Kier molecular flexibility index (Phi) is 5.91. The van der Waals surface area contributed by atoms with Gasteiger partial charge in [-0.05, 0) is 24.3 Å². The molecule has 0 spiro atoms.